The van der Waals surface area contributed by atoms with Gasteiger partial charge in [0.2, 0.25) is 10.0 Å². The van der Waals surface area contributed by atoms with E-state index in [-0.39, 0.29) is 18.4 Å². The number of methoxy groups -OCH3 is 1. The quantitative estimate of drug-likeness (QED) is 0.764. The van der Waals surface area contributed by atoms with Gasteiger partial charge in [-0.05, 0) is 18.1 Å². The third kappa shape index (κ3) is 5.14. The first kappa shape index (κ1) is 15.1. The minimum absolute atomic E-state index is 0.0455. The SMILES string of the molecule is COCC(C)NS(=O)(=O)Cc1ccc(CO)cc1. The lowest BCUT2D eigenvalue weighted by Crippen LogP contribution is -2.36. The van der Waals surface area contributed by atoms with Gasteiger partial charge >= 0.3 is 0 Å². The van der Waals surface area contributed by atoms with Gasteiger partial charge in [0.1, 0.15) is 0 Å². The molecule has 5 nitrogen and oxygen atoms in total. The topological polar surface area (TPSA) is 75.6 Å². The molecule has 0 fully saturated rings. The van der Waals surface area contributed by atoms with Gasteiger partial charge in [0.05, 0.1) is 19.0 Å². The van der Waals surface area contributed by atoms with E-state index in [2.05, 4.69) is 4.72 Å². The van der Waals surface area contributed by atoms with Crippen LogP contribution in [0.1, 0.15) is 18.1 Å². The van der Waals surface area contributed by atoms with Crippen LogP contribution in [0, 0.1) is 0 Å². The smallest absolute Gasteiger partial charge is 0.216 e. The fraction of sp³-hybridized carbons (Fsp3) is 0.500. The third-order valence-electron chi connectivity index (χ3n) is 2.36. The van der Waals surface area contributed by atoms with Crippen molar-refractivity contribution in [3.05, 3.63) is 35.4 Å². The molecular formula is C12H19NO4S. The second kappa shape index (κ2) is 6.84. The molecule has 0 aliphatic rings. The molecule has 0 saturated heterocycles. The van der Waals surface area contributed by atoms with Crippen molar-refractivity contribution in [3.63, 3.8) is 0 Å². The van der Waals surface area contributed by atoms with Crippen LogP contribution >= 0.6 is 0 Å². The molecule has 1 atom stereocenters. The van der Waals surface area contributed by atoms with E-state index in [1.807, 2.05) is 0 Å². The molecule has 0 spiro atoms. The van der Waals surface area contributed by atoms with Gasteiger partial charge in [0.25, 0.3) is 0 Å². The molecule has 0 heterocycles. The fourth-order valence-corrected chi connectivity index (χ4v) is 2.99. The van der Waals surface area contributed by atoms with Crippen molar-refractivity contribution in [2.75, 3.05) is 13.7 Å². The lowest BCUT2D eigenvalue weighted by atomic mass is 10.2. The Kier molecular flexibility index (Phi) is 5.74. The van der Waals surface area contributed by atoms with Gasteiger partial charge in [0.15, 0.2) is 0 Å². The highest BCUT2D eigenvalue weighted by Crippen LogP contribution is 2.08. The highest BCUT2D eigenvalue weighted by atomic mass is 32.2. The van der Waals surface area contributed by atoms with Crippen molar-refractivity contribution in [2.45, 2.75) is 25.3 Å². The Morgan fingerprint density at radius 2 is 1.83 bits per heavy atom. The zero-order chi connectivity index (χ0) is 13.6. The Morgan fingerprint density at radius 1 is 1.28 bits per heavy atom. The number of nitrogens with one attached hydrogen (secondary N) is 1. The molecule has 1 aromatic carbocycles. The number of aliphatic hydroxyl groups excluding tert-OH is 1. The normalized spacial score (nSPS) is 13.5. The lowest BCUT2D eigenvalue weighted by Gasteiger charge is -2.13. The van der Waals surface area contributed by atoms with Crippen LogP contribution in [0.3, 0.4) is 0 Å². The van der Waals surface area contributed by atoms with Gasteiger partial charge in [-0.25, -0.2) is 13.1 Å². The van der Waals surface area contributed by atoms with Gasteiger partial charge in [-0.15, -0.1) is 0 Å². The number of aliphatic hydroxyl groups is 1. The Balaban J connectivity index is 2.64. The average molecular weight is 273 g/mol. The zero-order valence-corrected chi connectivity index (χ0v) is 11.4. The molecule has 0 aliphatic carbocycles. The summed E-state index contributed by atoms with van der Waals surface area (Å²) in [5, 5.41) is 8.89. The Hall–Kier alpha value is -0.950. The van der Waals surface area contributed by atoms with Crippen molar-refractivity contribution < 1.29 is 18.3 Å². The minimum atomic E-state index is -3.37. The average Bonchev–Trinajstić information content (AvgIpc) is 2.29. The van der Waals surface area contributed by atoms with Crippen LogP contribution in [0.15, 0.2) is 24.3 Å². The van der Waals surface area contributed by atoms with Gasteiger partial charge < -0.3 is 9.84 Å². The zero-order valence-electron chi connectivity index (χ0n) is 10.6. The molecule has 0 radical (unpaired) electrons. The number of benzene rings is 1. The predicted molar refractivity (Wildman–Crippen MR) is 69.5 cm³/mol. The van der Waals surface area contributed by atoms with E-state index in [9.17, 15) is 8.42 Å². The van der Waals surface area contributed by atoms with Crippen LogP contribution in [0.4, 0.5) is 0 Å². The standard InChI is InChI=1S/C12H19NO4S/c1-10(8-17-2)13-18(15,16)9-12-5-3-11(7-14)4-6-12/h3-6,10,13-14H,7-9H2,1-2H3. The van der Waals surface area contributed by atoms with E-state index in [0.29, 0.717) is 12.2 Å². The number of hydrogen-bond donors (Lipinski definition) is 2. The van der Waals surface area contributed by atoms with Gasteiger partial charge in [-0.2, -0.15) is 0 Å². The number of sulfonamides is 1. The highest BCUT2D eigenvalue weighted by molar-refractivity contribution is 7.88. The maximum absolute atomic E-state index is 11.8. The van der Waals surface area contributed by atoms with Crippen LogP contribution < -0.4 is 4.72 Å². The molecule has 102 valence electrons. The van der Waals surface area contributed by atoms with E-state index in [1.165, 1.54) is 7.11 Å². The molecule has 0 aromatic heterocycles. The molecule has 6 heteroatoms. The maximum Gasteiger partial charge on any atom is 0.216 e. The van der Waals surface area contributed by atoms with Crippen molar-refractivity contribution in [2.24, 2.45) is 0 Å². The molecule has 18 heavy (non-hydrogen) atoms. The maximum atomic E-state index is 11.8. The third-order valence-corrected chi connectivity index (χ3v) is 3.83. The molecule has 2 N–H and O–H groups in total. The van der Waals surface area contributed by atoms with Gasteiger partial charge in [-0.1, -0.05) is 24.3 Å². The summed E-state index contributed by atoms with van der Waals surface area (Å²) in [7, 11) is -1.84. The summed E-state index contributed by atoms with van der Waals surface area (Å²) in [6, 6.07) is 6.57. The molecule has 1 unspecified atom stereocenters. The summed E-state index contributed by atoms with van der Waals surface area (Å²) in [6.07, 6.45) is 0. The van der Waals surface area contributed by atoms with Crippen LogP contribution in [-0.2, 0) is 27.1 Å². The lowest BCUT2D eigenvalue weighted by molar-refractivity contribution is 0.180. The summed E-state index contributed by atoms with van der Waals surface area (Å²) in [6.45, 7) is 2.04. The number of ether oxygens (including phenoxy) is 1. The molecule has 1 rings (SSSR count). The van der Waals surface area contributed by atoms with Crippen molar-refractivity contribution in [3.8, 4) is 0 Å². The highest BCUT2D eigenvalue weighted by Gasteiger charge is 2.15. The second-order valence-electron chi connectivity index (χ2n) is 4.21. The van der Waals surface area contributed by atoms with Gasteiger partial charge in [-0.3, -0.25) is 0 Å². The fourth-order valence-electron chi connectivity index (χ4n) is 1.59. The van der Waals surface area contributed by atoms with Crippen molar-refractivity contribution in [1.82, 2.24) is 4.72 Å². The first-order valence-electron chi connectivity index (χ1n) is 5.64. The van der Waals surface area contributed by atoms with Crippen molar-refractivity contribution in [1.29, 1.82) is 0 Å². The number of hydrogen-bond acceptors (Lipinski definition) is 4. The Bertz CT molecular complexity index is 455. The predicted octanol–water partition coefficient (Wildman–Crippen LogP) is 0.633. The Morgan fingerprint density at radius 3 is 2.33 bits per heavy atom. The second-order valence-corrected chi connectivity index (χ2v) is 5.96. The van der Waals surface area contributed by atoms with Gasteiger partial charge in [0, 0.05) is 13.2 Å². The van der Waals surface area contributed by atoms with Crippen LogP contribution in [0.2, 0.25) is 0 Å². The summed E-state index contributed by atoms with van der Waals surface area (Å²) in [5.74, 6) is -0.0766. The summed E-state index contributed by atoms with van der Waals surface area (Å²) < 4.78 is 31.1. The van der Waals surface area contributed by atoms with E-state index in [0.717, 1.165) is 5.56 Å². The molecule has 0 amide bonds. The number of rotatable bonds is 7. The summed E-state index contributed by atoms with van der Waals surface area (Å²) in [5.41, 5.74) is 1.45. The van der Waals surface area contributed by atoms with E-state index >= 15 is 0 Å². The summed E-state index contributed by atoms with van der Waals surface area (Å²) >= 11 is 0. The first-order chi connectivity index (χ1) is 8.46. The van der Waals surface area contributed by atoms with E-state index in [4.69, 9.17) is 9.84 Å². The molecule has 0 saturated carbocycles. The first-order valence-corrected chi connectivity index (χ1v) is 7.29. The molecule has 0 bridgehead atoms. The molecule has 0 aliphatic heterocycles. The minimum Gasteiger partial charge on any atom is -0.392 e. The van der Waals surface area contributed by atoms with Crippen molar-refractivity contribution >= 4 is 10.0 Å². The monoisotopic (exact) mass is 273 g/mol. The van der Waals surface area contributed by atoms with Crippen LogP contribution in [0.25, 0.3) is 0 Å². The van der Waals surface area contributed by atoms with Crippen LogP contribution in [0.5, 0.6) is 0 Å². The molecule has 1 aromatic rings. The van der Waals surface area contributed by atoms with Crippen LogP contribution in [-0.4, -0.2) is 33.3 Å². The Labute approximate surface area is 108 Å². The molecular weight excluding hydrogens is 254 g/mol. The van der Waals surface area contributed by atoms with E-state index in [1.54, 1.807) is 31.2 Å². The largest absolute Gasteiger partial charge is 0.392 e. The summed E-state index contributed by atoms with van der Waals surface area (Å²) in [4.78, 5) is 0. The van der Waals surface area contributed by atoms with E-state index < -0.39 is 10.0 Å².